The Kier molecular flexibility index (Phi) is 9.07. The SMILES string of the molecule is Cl.Cl.O=C(CC1CCCN1)N1CCCC1CN1CCCCC1. The first-order valence-electron chi connectivity index (χ1n) is 8.58. The predicted octanol–water partition coefficient (Wildman–Crippen LogP) is 2.45. The van der Waals surface area contributed by atoms with E-state index in [-0.39, 0.29) is 24.8 Å². The van der Waals surface area contributed by atoms with Crippen molar-refractivity contribution in [2.24, 2.45) is 0 Å². The number of hydrogen-bond donors (Lipinski definition) is 1. The first-order chi connectivity index (χ1) is 9.83. The number of nitrogens with one attached hydrogen (secondary N) is 1. The molecule has 0 aliphatic carbocycles. The van der Waals surface area contributed by atoms with Crippen molar-refractivity contribution in [3.05, 3.63) is 0 Å². The molecular weight excluding hydrogens is 321 g/mol. The van der Waals surface area contributed by atoms with Crippen LogP contribution >= 0.6 is 24.8 Å². The molecule has 3 heterocycles. The Labute approximate surface area is 147 Å². The standard InChI is InChI=1S/C16H29N3O.2ClH/c20-16(12-14-6-4-8-17-14)19-11-5-7-15(19)13-18-9-2-1-3-10-18;;/h14-15,17H,1-13H2;2*1H. The highest BCUT2D eigenvalue weighted by Crippen LogP contribution is 2.22. The van der Waals surface area contributed by atoms with Gasteiger partial charge in [-0.25, -0.2) is 0 Å². The lowest BCUT2D eigenvalue weighted by molar-refractivity contribution is -0.132. The fraction of sp³-hybridized carbons (Fsp3) is 0.938. The van der Waals surface area contributed by atoms with Crippen LogP contribution in [0.3, 0.4) is 0 Å². The first kappa shape index (κ1) is 20.0. The number of hydrogen-bond acceptors (Lipinski definition) is 3. The number of nitrogens with zero attached hydrogens (tertiary/aromatic N) is 2. The molecule has 0 bridgehead atoms. The predicted molar refractivity (Wildman–Crippen MR) is 95.2 cm³/mol. The summed E-state index contributed by atoms with van der Waals surface area (Å²) in [4.78, 5) is 17.3. The molecule has 3 fully saturated rings. The molecule has 22 heavy (non-hydrogen) atoms. The maximum absolute atomic E-state index is 12.5. The molecule has 0 aromatic carbocycles. The van der Waals surface area contributed by atoms with Crippen LogP contribution in [0.2, 0.25) is 0 Å². The highest BCUT2D eigenvalue weighted by molar-refractivity contribution is 5.85. The highest BCUT2D eigenvalue weighted by Gasteiger charge is 2.31. The van der Waals surface area contributed by atoms with E-state index in [1.807, 2.05) is 0 Å². The van der Waals surface area contributed by atoms with E-state index in [9.17, 15) is 4.79 Å². The van der Waals surface area contributed by atoms with Gasteiger partial charge in [0, 0.05) is 31.6 Å². The summed E-state index contributed by atoms with van der Waals surface area (Å²) in [6, 6.07) is 0.931. The fourth-order valence-electron chi connectivity index (χ4n) is 4.05. The number of halogens is 2. The highest BCUT2D eigenvalue weighted by atomic mass is 35.5. The quantitative estimate of drug-likeness (QED) is 0.844. The van der Waals surface area contributed by atoms with Gasteiger partial charge in [-0.3, -0.25) is 4.79 Å². The lowest BCUT2D eigenvalue weighted by Crippen LogP contribution is -2.45. The van der Waals surface area contributed by atoms with Crippen LogP contribution in [0.15, 0.2) is 0 Å². The average molecular weight is 352 g/mol. The minimum absolute atomic E-state index is 0. The van der Waals surface area contributed by atoms with Crippen molar-refractivity contribution < 1.29 is 4.79 Å². The third kappa shape index (κ3) is 5.26. The zero-order valence-electron chi connectivity index (χ0n) is 13.5. The maximum atomic E-state index is 12.5. The lowest BCUT2D eigenvalue weighted by Gasteiger charge is -2.33. The summed E-state index contributed by atoms with van der Waals surface area (Å²) in [5.74, 6) is 0.393. The van der Waals surface area contributed by atoms with Crippen molar-refractivity contribution in [2.75, 3.05) is 32.7 Å². The normalized spacial score (nSPS) is 29.0. The monoisotopic (exact) mass is 351 g/mol. The second-order valence-electron chi connectivity index (χ2n) is 6.74. The second-order valence-corrected chi connectivity index (χ2v) is 6.74. The van der Waals surface area contributed by atoms with Crippen molar-refractivity contribution in [3.8, 4) is 0 Å². The first-order valence-corrected chi connectivity index (χ1v) is 8.58. The van der Waals surface area contributed by atoms with Gasteiger partial charge >= 0.3 is 0 Å². The van der Waals surface area contributed by atoms with Gasteiger partial charge < -0.3 is 15.1 Å². The Balaban J connectivity index is 0.00000121. The van der Waals surface area contributed by atoms with Gasteiger partial charge in [-0.05, 0) is 58.2 Å². The number of amides is 1. The van der Waals surface area contributed by atoms with Crippen molar-refractivity contribution in [1.82, 2.24) is 15.1 Å². The van der Waals surface area contributed by atoms with Crippen LogP contribution in [0.1, 0.15) is 51.4 Å². The van der Waals surface area contributed by atoms with E-state index >= 15 is 0 Å². The third-order valence-corrected chi connectivity index (χ3v) is 5.20. The fourth-order valence-corrected chi connectivity index (χ4v) is 4.05. The summed E-state index contributed by atoms with van der Waals surface area (Å²) < 4.78 is 0. The molecule has 6 heteroatoms. The number of piperidine rings is 1. The molecule has 0 radical (unpaired) electrons. The molecule has 0 aromatic heterocycles. The van der Waals surface area contributed by atoms with Crippen LogP contribution in [-0.2, 0) is 4.79 Å². The lowest BCUT2D eigenvalue weighted by atomic mass is 10.1. The van der Waals surface area contributed by atoms with E-state index in [1.165, 1.54) is 58.0 Å². The molecule has 1 amide bonds. The van der Waals surface area contributed by atoms with E-state index in [0.29, 0.717) is 18.0 Å². The molecular formula is C16H31Cl2N3O. The number of carbonyl (C=O) groups is 1. The number of rotatable bonds is 4. The molecule has 3 saturated heterocycles. The number of carbonyl (C=O) groups excluding carboxylic acids is 1. The maximum Gasteiger partial charge on any atom is 0.224 e. The molecule has 2 atom stereocenters. The molecule has 0 spiro atoms. The molecule has 0 saturated carbocycles. The van der Waals surface area contributed by atoms with E-state index < -0.39 is 0 Å². The summed E-state index contributed by atoms with van der Waals surface area (Å²) in [5, 5.41) is 3.45. The molecule has 0 aromatic rings. The average Bonchev–Trinajstić information content (AvgIpc) is 3.11. The zero-order chi connectivity index (χ0) is 13.8. The summed E-state index contributed by atoms with van der Waals surface area (Å²) in [6.45, 7) is 5.68. The molecule has 1 N–H and O–H groups in total. The van der Waals surface area contributed by atoms with Gasteiger partial charge in [-0.15, -0.1) is 24.8 Å². The smallest absolute Gasteiger partial charge is 0.224 e. The Hall–Kier alpha value is -0.0300. The molecule has 130 valence electrons. The summed E-state index contributed by atoms with van der Waals surface area (Å²) in [5.41, 5.74) is 0. The largest absolute Gasteiger partial charge is 0.338 e. The van der Waals surface area contributed by atoms with Crippen molar-refractivity contribution in [1.29, 1.82) is 0 Å². The van der Waals surface area contributed by atoms with Gasteiger partial charge in [0.25, 0.3) is 0 Å². The molecule has 2 unspecified atom stereocenters. The molecule has 3 rings (SSSR count). The van der Waals surface area contributed by atoms with Crippen LogP contribution in [-0.4, -0.2) is 60.5 Å². The minimum Gasteiger partial charge on any atom is -0.338 e. The zero-order valence-corrected chi connectivity index (χ0v) is 15.1. The van der Waals surface area contributed by atoms with E-state index in [4.69, 9.17) is 0 Å². The Bertz CT molecular complexity index is 331. The van der Waals surface area contributed by atoms with E-state index in [2.05, 4.69) is 15.1 Å². The van der Waals surface area contributed by atoms with Crippen LogP contribution in [0.4, 0.5) is 0 Å². The van der Waals surface area contributed by atoms with Crippen molar-refractivity contribution in [2.45, 2.75) is 63.5 Å². The van der Waals surface area contributed by atoms with Crippen LogP contribution in [0, 0.1) is 0 Å². The topological polar surface area (TPSA) is 35.6 Å². The van der Waals surface area contributed by atoms with Gasteiger partial charge in [0.15, 0.2) is 0 Å². The van der Waals surface area contributed by atoms with Gasteiger partial charge in [0.05, 0.1) is 0 Å². The number of likely N-dealkylation sites (tertiary alicyclic amines) is 2. The van der Waals surface area contributed by atoms with Gasteiger partial charge in [-0.2, -0.15) is 0 Å². The van der Waals surface area contributed by atoms with E-state index in [0.717, 1.165) is 26.1 Å². The van der Waals surface area contributed by atoms with Gasteiger partial charge in [-0.1, -0.05) is 6.42 Å². The summed E-state index contributed by atoms with van der Waals surface area (Å²) >= 11 is 0. The van der Waals surface area contributed by atoms with Crippen molar-refractivity contribution in [3.63, 3.8) is 0 Å². The minimum atomic E-state index is 0. The summed E-state index contributed by atoms with van der Waals surface area (Å²) in [7, 11) is 0. The van der Waals surface area contributed by atoms with Gasteiger partial charge in [0.1, 0.15) is 0 Å². The second kappa shape index (κ2) is 9.96. The Morgan fingerprint density at radius 1 is 0.955 bits per heavy atom. The summed E-state index contributed by atoms with van der Waals surface area (Å²) in [6.07, 6.45) is 9.60. The Morgan fingerprint density at radius 3 is 2.41 bits per heavy atom. The Morgan fingerprint density at radius 2 is 1.73 bits per heavy atom. The molecule has 3 aliphatic rings. The van der Waals surface area contributed by atoms with Gasteiger partial charge in [0.2, 0.25) is 5.91 Å². The third-order valence-electron chi connectivity index (χ3n) is 5.20. The van der Waals surface area contributed by atoms with Crippen LogP contribution in [0.25, 0.3) is 0 Å². The van der Waals surface area contributed by atoms with Crippen molar-refractivity contribution >= 4 is 30.7 Å². The van der Waals surface area contributed by atoms with Crippen LogP contribution < -0.4 is 5.32 Å². The molecule has 4 nitrogen and oxygen atoms in total. The van der Waals surface area contributed by atoms with Crippen LogP contribution in [0.5, 0.6) is 0 Å². The molecule has 3 aliphatic heterocycles. The van der Waals surface area contributed by atoms with E-state index in [1.54, 1.807) is 0 Å².